The summed E-state index contributed by atoms with van der Waals surface area (Å²) in [5.41, 5.74) is 8.67. The number of nitrogen functional groups attached to an aromatic ring is 1. The van der Waals surface area contributed by atoms with Crippen LogP contribution in [0.3, 0.4) is 0 Å². The first kappa shape index (κ1) is 14.2. The molecule has 3 rings (SSSR count). The largest absolute Gasteiger partial charge is 0.398 e. The van der Waals surface area contributed by atoms with E-state index in [2.05, 4.69) is 4.90 Å². The molecule has 0 bridgehead atoms. The Kier molecular flexibility index (Phi) is 4.23. The first-order valence-corrected chi connectivity index (χ1v) is 8.32. The molecule has 1 heterocycles. The third-order valence-corrected chi connectivity index (χ3v) is 5.72. The van der Waals surface area contributed by atoms with E-state index in [4.69, 9.17) is 17.3 Å². The van der Waals surface area contributed by atoms with Crippen LogP contribution in [0.25, 0.3) is 0 Å². The minimum Gasteiger partial charge on any atom is -0.398 e. The van der Waals surface area contributed by atoms with Crippen LogP contribution in [0.15, 0.2) is 18.2 Å². The first-order valence-electron chi connectivity index (χ1n) is 7.94. The molecule has 2 nitrogen and oxygen atoms in total. The number of halogens is 1. The van der Waals surface area contributed by atoms with Gasteiger partial charge in [0.05, 0.1) is 0 Å². The van der Waals surface area contributed by atoms with Gasteiger partial charge in [-0.1, -0.05) is 36.9 Å². The van der Waals surface area contributed by atoms with Gasteiger partial charge in [0.1, 0.15) is 0 Å². The zero-order valence-corrected chi connectivity index (χ0v) is 13.0. The molecule has 1 saturated heterocycles. The summed E-state index contributed by atoms with van der Waals surface area (Å²) in [6.07, 6.45) is 9.95. The lowest BCUT2D eigenvalue weighted by molar-refractivity contribution is 0.0642. The lowest BCUT2D eigenvalue weighted by atomic mass is 9.68. The van der Waals surface area contributed by atoms with Gasteiger partial charge in [-0.15, -0.1) is 0 Å². The summed E-state index contributed by atoms with van der Waals surface area (Å²) in [6.45, 7) is 3.30. The van der Waals surface area contributed by atoms with Crippen LogP contribution in [0.1, 0.15) is 50.5 Å². The van der Waals surface area contributed by atoms with Crippen LogP contribution in [0, 0.1) is 5.41 Å². The number of rotatable bonds is 2. The monoisotopic (exact) mass is 292 g/mol. The van der Waals surface area contributed by atoms with Gasteiger partial charge in [0, 0.05) is 22.8 Å². The lowest BCUT2D eigenvalue weighted by Crippen LogP contribution is -2.40. The van der Waals surface area contributed by atoms with E-state index in [1.54, 1.807) is 0 Å². The van der Waals surface area contributed by atoms with Crippen LogP contribution in [-0.4, -0.2) is 18.0 Å². The van der Waals surface area contributed by atoms with Crippen LogP contribution in [0.4, 0.5) is 5.69 Å². The summed E-state index contributed by atoms with van der Waals surface area (Å²) in [4.78, 5) is 2.53. The molecule has 1 aromatic rings. The van der Waals surface area contributed by atoms with Gasteiger partial charge in [0.2, 0.25) is 0 Å². The minimum atomic E-state index is 0.667. The molecule has 2 N–H and O–H groups in total. The van der Waals surface area contributed by atoms with Gasteiger partial charge in [-0.05, 0) is 56.3 Å². The third-order valence-electron chi connectivity index (χ3n) is 5.37. The van der Waals surface area contributed by atoms with Gasteiger partial charge >= 0.3 is 0 Å². The smallest absolute Gasteiger partial charge is 0.0471 e. The SMILES string of the molecule is Nc1cccc(Cl)c1CN1CCC2(CCCCC2)CC1. The molecular formula is C17H25ClN2. The zero-order valence-electron chi connectivity index (χ0n) is 12.2. The maximum atomic E-state index is 6.28. The molecule has 3 heteroatoms. The predicted octanol–water partition coefficient (Wildman–Crippen LogP) is 4.47. The Morgan fingerprint density at radius 2 is 1.75 bits per heavy atom. The molecule has 1 aromatic carbocycles. The van der Waals surface area contributed by atoms with E-state index in [0.717, 1.165) is 22.8 Å². The van der Waals surface area contributed by atoms with E-state index in [9.17, 15) is 0 Å². The van der Waals surface area contributed by atoms with Gasteiger partial charge < -0.3 is 5.73 Å². The quantitative estimate of drug-likeness (QED) is 0.815. The van der Waals surface area contributed by atoms with E-state index in [0.29, 0.717) is 5.41 Å². The first-order chi connectivity index (χ1) is 9.69. The van der Waals surface area contributed by atoms with Gasteiger partial charge in [0.15, 0.2) is 0 Å². The van der Waals surface area contributed by atoms with E-state index in [-0.39, 0.29) is 0 Å². The van der Waals surface area contributed by atoms with Crippen molar-refractivity contribution in [3.8, 4) is 0 Å². The number of hydrogen-bond acceptors (Lipinski definition) is 2. The second kappa shape index (κ2) is 5.95. The fraction of sp³-hybridized carbons (Fsp3) is 0.647. The topological polar surface area (TPSA) is 29.3 Å². The number of anilines is 1. The van der Waals surface area contributed by atoms with E-state index in [1.807, 2.05) is 18.2 Å². The van der Waals surface area contributed by atoms with Crippen molar-refractivity contribution < 1.29 is 0 Å². The molecule has 1 saturated carbocycles. The maximum absolute atomic E-state index is 6.28. The van der Waals surface area contributed by atoms with E-state index in [1.165, 1.54) is 58.0 Å². The molecular weight excluding hydrogens is 268 g/mol. The van der Waals surface area contributed by atoms with Crippen molar-refractivity contribution in [3.05, 3.63) is 28.8 Å². The van der Waals surface area contributed by atoms with Crippen molar-refractivity contribution in [2.24, 2.45) is 5.41 Å². The summed E-state index contributed by atoms with van der Waals surface area (Å²) in [7, 11) is 0. The molecule has 0 aromatic heterocycles. The summed E-state index contributed by atoms with van der Waals surface area (Å²) >= 11 is 6.28. The Bertz CT molecular complexity index is 436. The van der Waals surface area contributed by atoms with E-state index >= 15 is 0 Å². The number of nitrogens with two attached hydrogens (primary N) is 1. The Labute approximate surface area is 127 Å². The van der Waals surface area contributed by atoms with Crippen molar-refractivity contribution in [2.75, 3.05) is 18.8 Å². The molecule has 1 aliphatic heterocycles. The van der Waals surface area contributed by atoms with Crippen molar-refractivity contribution in [2.45, 2.75) is 51.5 Å². The highest BCUT2D eigenvalue weighted by Crippen LogP contribution is 2.44. The van der Waals surface area contributed by atoms with Crippen LogP contribution in [0.2, 0.25) is 5.02 Å². The molecule has 0 radical (unpaired) electrons. The number of hydrogen-bond donors (Lipinski definition) is 1. The Balaban J connectivity index is 1.61. The number of likely N-dealkylation sites (tertiary alicyclic amines) is 1. The van der Waals surface area contributed by atoms with Crippen molar-refractivity contribution in [1.29, 1.82) is 0 Å². The van der Waals surface area contributed by atoms with Crippen LogP contribution in [-0.2, 0) is 6.54 Å². The van der Waals surface area contributed by atoms with E-state index < -0.39 is 0 Å². The Morgan fingerprint density at radius 3 is 2.40 bits per heavy atom. The van der Waals surface area contributed by atoms with Crippen LogP contribution >= 0.6 is 11.6 Å². The third kappa shape index (κ3) is 2.96. The second-order valence-electron chi connectivity index (χ2n) is 6.64. The standard InChI is InChI=1S/C17H25ClN2/c18-15-5-4-6-16(19)14(15)13-20-11-9-17(10-12-20)7-2-1-3-8-17/h4-6H,1-3,7-13,19H2. The molecule has 2 aliphatic rings. The second-order valence-corrected chi connectivity index (χ2v) is 7.05. The maximum Gasteiger partial charge on any atom is 0.0471 e. The highest BCUT2D eigenvalue weighted by Gasteiger charge is 2.35. The minimum absolute atomic E-state index is 0.667. The van der Waals surface area contributed by atoms with Crippen molar-refractivity contribution in [1.82, 2.24) is 4.90 Å². The summed E-state index contributed by atoms with van der Waals surface area (Å²) < 4.78 is 0. The molecule has 1 spiro atoms. The average Bonchev–Trinajstić information content (AvgIpc) is 2.46. The fourth-order valence-electron chi connectivity index (χ4n) is 3.95. The number of piperidine rings is 1. The summed E-state index contributed by atoms with van der Waals surface area (Å²) in [5.74, 6) is 0. The average molecular weight is 293 g/mol. The molecule has 110 valence electrons. The number of nitrogens with zero attached hydrogens (tertiary/aromatic N) is 1. The molecule has 0 unspecified atom stereocenters. The Morgan fingerprint density at radius 1 is 1.05 bits per heavy atom. The van der Waals surface area contributed by atoms with Crippen LogP contribution in [0.5, 0.6) is 0 Å². The van der Waals surface area contributed by atoms with Gasteiger partial charge in [-0.3, -0.25) is 4.90 Å². The van der Waals surface area contributed by atoms with Crippen molar-refractivity contribution in [3.63, 3.8) is 0 Å². The molecule has 20 heavy (non-hydrogen) atoms. The van der Waals surface area contributed by atoms with Crippen LogP contribution < -0.4 is 5.73 Å². The highest BCUT2D eigenvalue weighted by atomic mass is 35.5. The normalized spacial score (nSPS) is 23.1. The summed E-state index contributed by atoms with van der Waals surface area (Å²) in [6, 6.07) is 5.82. The number of benzene rings is 1. The van der Waals surface area contributed by atoms with Crippen molar-refractivity contribution >= 4 is 17.3 Å². The Hall–Kier alpha value is -0.730. The molecule has 0 amide bonds. The van der Waals surface area contributed by atoms with Gasteiger partial charge in [0.25, 0.3) is 0 Å². The lowest BCUT2D eigenvalue weighted by Gasteiger charge is -2.44. The van der Waals surface area contributed by atoms with Gasteiger partial charge in [-0.25, -0.2) is 0 Å². The molecule has 0 atom stereocenters. The predicted molar refractivity (Wildman–Crippen MR) is 85.9 cm³/mol. The summed E-state index contributed by atoms with van der Waals surface area (Å²) in [5, 5.41) is 0.808. The molecule has 2 fully saturated rings. The van der Waals surface area contributed by atoms with Gasteiger partial charge in [-0.2, -0.15) is 0 Å². The highest BCUT2D eigenvalue weighted by molar-refractivity contribution is 6.31. The zero-order chi connectivity index (χ0) is 14.0. The fourth-order valence-corrected chi connectivity index (χ4v) is 4.19. The molecule has 1 aliphatic carbocycles.